The van der Waals surface area contributed by atoms with Crippen LogP contribution < -0.4 is 0 Å². The summed E-state index contributed by atoms with van der Waals surface area (Å²) >= 11 is 0. The van der Waals surface area contributed by atoms with E-state index in [1.165, 1.54) is 0 Å². The zero-order valence-electron chi connectivity index (χ0n) is 11.6. The molecule has 1 aliphatic rings. The van der Waals surface area contributed by atoms with Crippen LogP contribution in [0, 0.1) is 0 Å². The number of rotatable bonds is 5. The van der Waals surface area contributed by atoms with E-state index in [1.807, 2.05) is 6.07 Å². The average molecular weight is 277 g/mol. The highest BCUT2D eigenvalue weighted by atomic mass is 16.5. The van der Waals surface area contributed by atoms with E-state index in [0.717, 1.165) is 49.9 Å². The lowest BCUT2D eigenvalue weighted by Gasteiger charge is -2.30. The Balaban J connectivity index is 1.62. The van der Waals surface area contributed by atoms with Crippen LogP contribution in [0.15, 0.2) is 16.8 Å². The van der Waals surface area contributed by atoms with Crippen LogP contribution in [0.5, 0.6) is 0 Å². The number of nitrogens with zero attached hydrogens (tertiary/aromatic N) is 4. The second-order valence-electron chi connectivity index (χ2n) is 4.96. The van der Waals surface area contributed by atoms with Crippen molar-refractivity contribution in [3.05, 3.63) is 29.7 Å². The van der Waals surface area contributed by atoms with E-state index in [9.17, 15) is 0 Å². The van der Waals surface area contributed by atoms with Gasteiger partial charge in [-0.3, -0.25) is 10.00 Å². The first kappa shape index (κ1) is 13.3. The molecule has 0 aliphatic carbocycles. The van der Waals surface area contributed by atoms with Gasteiger partial charge >= 0.3 is 0 Å². The van der Waals surface area contributed by atoms with Gasteiger partial charge in [0.05, 0.1) is 19.3 Å². The van der Waals surface area contributed by atoms with E-state index >= 15 is 0 Å². The van der Waals surface area contributed by atoms with Crippen molar-refractivity contribution in [3.8, 4) is 0 Å². The van der Waals surface area contributed by atoms with Crippen LogP contribution in [0.2, 0.25) is 0 Å². The maximum Gasteiger partial charge on any atom is 0.180 e. The molecule has 0 radical (unpaired) electrons. The van der Waals surface area contributed by atoms with Crippen molar-refractivity contribution in [2.24, 2.45) is 0 Å². The Morgan fingerprint density at radius 2 is 2.45 bits per heavy atom. The van der Waals surface area contributed by atoms with Gasteiger partial charge in [0, 0.05) is 25.6 Å². The summed E-state index contributed by atoms with van der Waals surface area (Å²) in [7, 11) is 0. The van der Waals surface area contributed by atoms with Gasteiger partial charge in [-0.15, -0.1) is 0 Å². The topological polar surface area (TPSA) is 80.1 Å². The molecule has 1 saturated heterocycles. The minimum atomic E-state index is -0.0754. The molecule has 1 fully saturated rings. The molecule has 0 bridgehead atoms. The van der Waals surface area contributed by atoms with Gasteiger partial charge in [-0.05, 0) is 6.42 Å². The Hall–Kier alpha value is -1.73. The maximum absolute atomic E-state index is 5.77. The Kier molecular flexibility index (Phi) is 4.08. The lowest BCUT2D eigenvalue weighted by atomic mass is 10.2. The molecular formula is C13H19N5O2. The molecule has 7 nitrogen and oxygen atoms in total. The van der Waals surface area contributed by atoms with Crippen molar-refractivity contribution in [3.63, 3.8) is 0 Å². The Morgan fingerprint density at radius 1 is 1.50 bits per heavy atom. The SMILES string of the molecule is CCCc1nc([C@H]2CN(Cc3ccno3)CCO2)n[nH]1. The van der Waals surface area contributed by atoms with Gasteiger partial charge in [0.2, 0.25) is 0 Å². The maximum atomic E-state index is 5.77. The van der Waals surface area contributed by atoms with Gasteiger partial charge in [-0.2, -0.15) is 5.10 Å². The number of hydrogen-bond donors (Lipinski definition) is 1. The molecule has 3 rings (SSSR count). The molecule has 2 aromatic heterocycles. The zero-order valence-corrected chi connectivity index (χ0v) is 11.6. The van der Waals surface area contributed by atoms with Crippen LogP contribution in [0.25, 0.3) is 0 Å². The summed E-state index contributed by atoms with van der Waals surface area (Å²) in [6.07, 6.45) is 3.56. The molecule has 1 N–H and O–H groups in total. The summed E-state index contributed by atoms with van der Waals surface area (Å²) in [5, 5.41) is 11.0. The Bertz CT molecular complexity index is 525. The number of aryl methyl sites for hydroxylation is 1. The number of nitrogens with one attached hydrogen (secondary N) is 1. The molecule has 0 saturated carbocycles. The predicted octanol–water partition coefficient (Wildman–Crippen LogP) is 1.32. The summed E-state index contributed by atoms with van der Waals surface area (Å²) in [5.74, 6) is 2.54. The van der Waals surface area contributed by atoms with Gasteiger partial charge in [-0.25, -0.2) is 4.98 Å². The minimum Gasteiger partial charge on any atom is -0.367 e. The molecule has 20 heavy (non-hydrogen) atoms. The first-order valence-electron chi connectivity index (χ1n) is 7.00. The van der Waals surface area contributed by atoms with Crippen molar-refractivity contribution in [1.82, 2.24) is 25.2 Å². The fourth-order valence-electron chi connectivity index (χ4n) is 2.35. The van der Waals surface area contributed by atoms with Gasteiger partial charge < -0.3 is 9.26 Å². The van der Waals surface area contributed by atoms with Gasteiger partial charge in [-0.1, -0.05) is 12.1 Å². The third-order valence-corrected chi connectivity index (χ3v) is 3.35. The monoisotopic (exact) mass is 277 g/mol. The number of hydrogen-bond acceptors (Lipinski definition) is 6. The Morgan fingerprint density at radius 3 is 3.25 bits per heavy atom. The molecule has 1 aliphatic heterocycles. The van der Waals surface area contributed by atoms with Crippen molar-refractivity contribution < 1.29 is 9.26 Å². The second-order valence-corrected chi connectivity index (χ2v) is 4.96. The van der Waals surface area contributed by atoms with Gasteiger partial charge in [0.1, 0.15) is 11.9 Å². The van der Waals surface area contributed by atoms with E-state index < -0.39 is 0 Å². The van der Waals surface area contributed by atoms with Crippen LogP contribution in [0.1, 0.15) is 36.9 Å². The normalized spacial score (nSPS) is 20.4. The molecule has 1 atom stereocenters. The van der Waals surface area contributed by atoms with Crippen LogP contribution in [-0.2, 0) is 17.7 Å². The number of aromatic nitrogens is 4. The summed E-state index contributed by atoms with van der Waals surface area (Å²) in [6.45, 7) is 5.19. The molecule has 0 spiro atoms. The van der Waals surface area contributed by atoms with Crippen LogP contribution in [-0.4, -0.2) is 44.9 Å². The number of aromatic amines is 1. The fourth-order valence-corrected chi connectivity index (χ4v) is 2.35. The Labute approximate surface area is 117 Å². The van der Waals surface area contributed by atoms with E-state index in [4.69, 9.17) is 9.26 Å². The lowest BCUT2D eigenvalue weighted by Crippen LogP contribution is -2.38. The summed E-state index contributed by atoms with van der Waals surface area (Å²) in [6, 6.07) is 1.89. The summed E-state index contributed by atoms with van der Waals surface area (Å²) < 4.78 is 10.9. The molecule has 0 aromatic carbocycles. The lowest BCUT2D eigenvalue weighted by molar-refractivity contribution is -0.0391. The molecule has 0 amide bonds. The fraction of sp³-hybridized carbons (Fsp3) is 0.615. The highest BCUT2D eigenvalue weighted by Gasteiger charge is 2.25. The van der Waals surface area contributed by atoms with Crippen molar-refractivity contribution in [2.75, 3.05) is 19.7 Å². The van der Waals surface area contributed by atoms with Crippen molar-refractivity contribution in [2.45, 2.75) is 32.4 Å². The third kappa shape index (κ3) is 3.05. The van der Waals surface area contributed by atoms with E-state index in [0.29, 0.717) is 6.61 Å². The quantitative estimate of drug-likeness (QED) is 0.887. The van der Waals surface area contributed by atoms with E-state index in [-0.39, 0.29) is 6.10 Å². The summed E-state index contributed by atoms with van der Waals surface area (Å²) in [4.78, 5) is 6.77. The van der Waals surface area contributed by atoms with Crippen LogP contribution in [0.4, 0.5) is 0 Å². The molecule has 7 heteroatoms. The van der Waals surface area contributed by atoms with E-state index in [1.54, 1.807) is 6.20 Å². The predicted molar refractivity (Wildman–Crippen MR) is 70.9 cm³/mol. The van der Waals surface area contributed by atoms with Crippen LogP contribution in [0.3, 0.4) is 0 Å². The smallest absolute Gasteiger partial charge is 0.180 e. The van der Waals surface area contributed by atoms with Crippen LogP contribution >= 0.6 is 0 Å². The van der Waals surface area contributed by atoms with Crippen molar-refractivity contribution in [1.29, 1.82) is 0 Å². The standard InChI is InChI=1S/C13H19N5O2/c1-2-3-12-15-13(17-16-12)11-9-18(6-7-19-11)8-10-4-5-14-20-10/h4-5,11H,2-3,6-9H2,1H3,(H,15,16,17)/t11-/m1/s1. The highest BCUT2D eigenvalue weighted by Crippen LogP contribution is 2.20. The molecule has 108 valence electrons. The van der Waals surface area contributed by atoms with Gasteiger partial charge in [0.25, 0.3) is 0 Å². The first-order valence-corrected chi connectivity index (χ1v) is 7.00. The molecular weight excluding hydrogens is 258 g/mol. The zero-order chi connectivity index (χ0) is 13.8. The third-order valence-electron chi connectivity index (χ3n) is 3.35. The molecule has 3 heterocycles. The molecule has 0 unspecified atom stereocenters. The largest absolute Gasteiger partial charge is 0.367 e. The van der Waals surface area contributed by atoms with Gasteiger partial charge in [0.15, 0.2) is 11.6 Å². The number of ether oxygens (including phenoxy) is 1. The number of H-pyrrole nitrogens is 1. The second kappa shape index (κ2) is 6.15. The molecule has 2 aromatic rings. The average Bonchev–Trinajstić information content (AvgIpc) is 3.11. The number of morpholine rings is 1. The summed E-state index contributed by atoms with van der Waals surface area (Å²) in [5.41, 5.74) is 0. The van der Waals surface area contributed by atoms with Crippen molar-refractivity contribution >= 4 is 0 Å². The van der Waals surface area contributed by atoms with E-state index in [2.05, 4.69) is 32.2 Å². The minimum absolute atomic E-state index is 0.0754. The highest BCUT2D eigenvalue weighted by molar-refractivity contribution is 4.98. The first-order chi connectivity index (χ1) is 9.85.